The average molecular weight is 266 g/mol. The highest BCUT2D eigenvalue weighted by molar-refractivity contribution is 6.34. The zero-order valence-corrected chi connectivity index (χ0v) is 9.82. The van der Waals surface area contributed by atoms with Crippen molar-refractivity contribution in [3.63, 3.8) is 0 Å². The third kappa shape index (κ3) is 1.42. The number of carbonyl (C=O) groups excluding carboxylic acids is 1. The van der Waals surface area contributed by atoms with Crippen LogP contribution in [0.25, 0.3) is 11.1 Å². The molecular formula is C11H8ClN3O3. The number of H-pyrrole nitrogens is 1. The van der Waals surface area contributed by atoms with E-state index in [9.17, 15) is 4.79 Å². The van der Waals surface area contributed by atoms with E-state index in [0.717, 1.165) is 0 Å². The van der Waals surface area contributed by atoms with E-state index in [1.165, 1.54) is 6.07 Å². The number of halogens is 1. The second kappa shape index (κ2) is 3.92. The molecule has 0 aliphatic carbocycles. The molecule has 0 saturated heterocycles. The lowest BCUT2D eigenvalue weighted by Crippen LogP contribution is -1.94. The fourth-order valence-electron chi connectivity index (χ4n) is 1.90. The zero-order valence-electron chi connectivity index (χ0n) is 9.07. The van der Waals surface area contributed by atoms with Gasteiger partial charge in [-0.25, -0.2) is 0 Å². The number of nitrogens with two attached hydrogens (primary N) is 1. The lowest BCUT2D eigenvalue weighted by molar-refractivity contribution is 0.111. The molecular weight excluding hydrogens is 258 g/mol. The van der Waals surface area contributed by atoms with Gasteiger partial charge in [-0.2, -0.15) is 5.10 Å². The molecule has 7 heteroatoms. The number of anilines is 1. The number of hydrogen-bond donors (Lipinski definition) is 2. The molecule has 1 aromatic carbocycles. The van der Waals surface area contributed by atoms with Gasteiger partial charge >= 0.3 is 0 Å². The maximum Gasteiger partial charge on any atom is 0.231 e. The van der Waals surface area contributed by atoms with E-state index in [0.29, 0.717) is 45.3 Å². The zero-order chi connectivity index (χ0) is 12.7. The van der Waals surface area contributed by atoms with Crippen LogP contribution >= 0.6 is 11.6 Å². The van der Waals surface area contributed by atoms with Crippen molar-refractivity contribution in [2.45, 2.75) is 0 Å². The van der Waals surface area contributed by atoms with Crippen LogP contribution in [0.1, 0.15) is 10.4 Å². The van der Waals surface area contributed by atoms with Crippen molar-refractivity contribution in [3.05, 3.63) is 22.8 Å². The Morgan fingerprint density at radius 2 is 2.22 bits per heavy atom. The first kappa shape index (κ1) is 10.9. The fraction of sp³-hybridized carbons (Fsp3) is 0.0909. The summed E-state index contributed by atoms with van der Waals surface area (Å²) in [6.45, 7) is 0.0429. The average Bonchev–Trinajstić information content (AvgIpc) is 2.97. The molecule has 2 heterocycles. The number of nitrogen functional groups attached to an aromatic ring is 1. The van der Waals surface area contributed by atoms with Crippen LogP contribution in [0.3, 0.4) is 0 Å². The molecule has 0 atom stereocenters. The Kier molecular flexibility index (Phi) is 2.38. The van der Waals surface area contributed by atoms with Gasteiger partial charge in [-0.1, -0.05) is 11.6 Å². The summed E-state index contributed by atoms with van der Waals surface area (Å²) in [7, 11) is 0. The summed E-state index contributed by atoms with van der Waals surface area (Å²) in [6.07, 6.45) is 2.21. The van der Waals surface area contributed by atoms with E-state index in [1.807, 2.05) is 0 Å². The maximum atomic E-state index is 10.9. The number of nitrogens with zero attached hydrogens (tertiary/aromatic N) is 1. The molecule has 92 valence electrons. The Morgan fingerprint density at radius 1 is 1.44 bits per heavy atom. The summed E-state index contributed by atoms with van der Waals surface area (Å²) in [5.74, 6) is 1.16. The molecule has 1 aromatic heterocycles. The van der Waals surface area contributed by atoms with Gasteiger partial charge in [-0.05, 0) is 6.07 Å². The molecule has 0 spiro atoms. The van der Waals surface area contributed by atoms with Gasteiger partial charge in [-0.15, -0.1) is 0 Å². The van der Waals surface area contributed by atoms with Gasteiger partial charge in [0.15, 0.2) is 17.8 Å². The second-order valence-electron chi connectivity index (χ2n) is 3.70. The number of ether oxygens (including phenoxy) is 2. The molecule has 3 rings (SSSR count). The normalized spacial score (nSPS) is 12.7. The van der Waals surface area contributed by atoms with Crippen LogP contribution in [0.5, 0.6) is 11.5 Å². The van der Waals surface area contributed by atoms with Gasteiger partial charge in [0.05, 0.1) is 22.3 Å². The number of fused-ring (bicyclic) bond motifs is 1. The highest BCUT2D eigenvalue weighted by atomic mass is 35.5. The van der Waals surface area contributed by atoms with E-state index in [2.05, 4.69) is 10.2 Å². The molecule has 0 saturated carbocycles. The molecule has 3 N–H and O–H groups in total. The number of aromatic nitrogens is 2. The van der Waals surface area contributed by atoms with E-state index >= 15 is 0 Å². The number of aldehydes is 1. The number of aromatic amines is 1. The first-order valence-corrected chi connectivity index (χ1v) is 5.46. The Morgan fingerprint density at radius 3 is 2.89 bits per heavy atom. The number of nitrogens with one attached hydrogen (secondary N) is 1. The second-order valence-corrected chi connectivity index (χ2v) is 4.11. The molecule has 6 nitrogen and oxygen atoms in total. The third-order valence-corrected chi connectivity index (χ3v) is 2.99. The summed E-state index contributed by atoms with van der Waals surface area (Å²) in [5.41, 5.74) is 7.29. The minimum Gasteiger partial charge on any atom is -0.453 e. The standard InChI is InChI=1S/C11H8ClN3O3/c12-7-1-5(3-16)9-10(18-4-17-9)8(7)6-2-14-15-11(6)13/h1-3H,4H2,(H3,13,14,15). The highest BCUT2D eigenvalue weighted by Gasteiger charge is 2.27. The molecule has 2 aromatic rings. The van der Waals surface area contributed by atoms with Gasteiger partial charge in [0.2, 0.25) is 6.79 Å². The van der Waals surface area contributed by atoms with E-state index in [4.69, 9.17) is 26.8 Å². The predicted octanol–water partition coefficient (Wildman–Crippen LogP) is 1.85. The highest BCUT2D eigenvalue weighted by Crippen LogP contribution is 2.48. The van der Waals surface area contributed by atoms with Crippen LogP contribution < -0.4 is 15.2 Å². The van der Waals surface area contributed by atoms with Crippen molar-refractivity contribution >= 4 is 23.7 Å². The largest absolute Gasteiger partial charge is 0.453 e. The lowest BCUT2D eigenvalue weighted by Gasteiger charge is -2.08. The van der Waals surface area contributed by atoms with Crippen molar-refractivity contribution in [3.8, 4) is 22.6 Å². The fourth-order valence-corrected chi connectivity index (χ4v) is 2.20. The van der Waals surface area contributed by atoms with Crippen molar-refractivity contribution < 1.29 is 14.3 Å². The first-order valence-electron chi connectivity index (χ1n) is 5.09. The van der Waals surface area contributed by atoms with Gasteiger partial charge in [0.25, 0.3) is 0 Å². The molecule has 0 radical (unpaired) electrons. The Labute approximate surface area is 107 Å². The summed E-state index contributed by atoms with van der Waals surface area (Å²) < 4.78 is 10.6. The minimum absolute atomic E-state index is 0.0429. The predicted molar refractivity (Wildman–Crippen MR) is 65.0 cm³/mol. The number of carbonyl (C=O) groups is 1. The molecule has 0 fully saturated rings. The molecule has 1 aliphatic rings. The molecule has 0 amide bonds. The summed E-state index contributed by atoms with van der Waals surface area (Å²) >= 11 is 6.16. The van der Waals surface area contributed by atoms with Crippen LogP contribution in [0, 0.1) is 0 Å². The molecule has 0 unspecified atom stereocenters. The number of hydrogen-bond acceptors (Lipinski definition) is 5. The number of rotatable bonds is 2. The number of benzene rings is 1. The first-order chi connectivity index (χ1) is 8.72. The van der Waals surface area contributed by atoms with Gasteiger partial charge < -0.3 is 15.2 Å². The van der Waals surface area contributed by atoms with Crippen LogP contribution in [0.2, 0.25) is 5.02 Å². The third-order valence-electron chi connectivity index (χ3n) is 2.69. The summed E-state index contributed by atoms with van der Waals surface area (Å²) in [5, 5.41) is 6.81. The smallest absolute Gasteiger partial charge is 0.231 e. The van der Waals surface area contributed by atoms with Gasteiger partial charge in [0.1, 0.15) is 5.82 Å². The summed E-state index contributed by atoms with van der Waals surface area (Å²) in [4.78, 5) is 10.9. The minimum atomic E-state index is 0.0429. The Hall–Kier alpha value is -2.21. The molecule has 0 bridgehead atoms. The Balaban J connectivity index is 2.31. The van der Waals surface area contributed by atoms with Gasteiger partial charge in [-0.3, -0.25) is 9.89 Å². The maximum absolute atomic E-state index is 10.9. The quantitative estimate of drug-likeness (QED) is 0.809. The molecule has 1 aliphatic heterocycles. The van der Waals surface area contributed by atoms with Crippen LogP contribution in [0.4, 0.5) is 5.82 Å². The lowest BCUT2D eigenvalue weighted by atomic mass is 10.0. The molecule has 18 heavy (non-hydrogen) atoms. The van der Waals surface area contributed by atoms with E-state index in [-0.39, 0.29) is 6.79 Å². The van der Waals surface area contributed by atoms with Crippen molar-refractivity contribution in [1.82, 2.24) is 10.2 Å². The van der Waals surface area contributed by atoms with Crippen LogP contribution in [0.15, 0.2) is 12.3 Å². The van der Waals surface area contributed by atoms with Crippen LogP contribution in [-0.4, -0.2) is 23.3 Å². The topological polar surface area (TPSA) is 90.2 Å². The van der Waals surface area contributed by atoms with Crippen molar-refractivity contribution in [2.24, 2.45) is 0 Å². The van der Waals surface area contributed by atoms with E-state index < -0.39 is 0 Å². The van der Waals surface area contributed by atoms with Crippen LogP contribution in [-0.2, 0) is 0 Å². The summed E-state index contributed by atoms with van der Waals surface area (Å²) in [6, 6.07) is 1.52. The van der Waals surface area contributed by atoms with E-state index in [1.54, 1.807) is 6.20 Å². The van der Waals surface area contributed by atoms with Crippen molar-refractivity contribution in [2.75, 3.05) is 12.5 Å². The van der Waals surface area contributed by atoms with Gasteiger partial charge in [0, 0.05) is 5.56 Å². The monoisotopic (exact) mass is 265 g/mol. The SMILES string of the molecule is Nc1[nH]ncc1-c1c(Cl)cc(C=O)c2c1OCO2. The van der Waals surface area contributed by atoms with Crippen molar-refractivity contribution in [1.29, 1.82) is 0 Å². The Bertz CT molecular complexity index is 639.